The van der Waals surface area contributed by atoms with Crippen LogP contribution in [0.4, 0.5) is 5.69 Å². The summed E-state index contributed by atoms with van der Waals surface area (Å²) in [4.78, 5) is 17.1. The second kappa shape index (κ2) is 8.94. The monoisotopic (exact) mass is 400 g/mol. The standard InChI is InChI=1S/C22H28N2O5/c1-6-24-14-15(29-18-10-8-7-9-17(18)24)13-23(2)22(25)16-11-20(27-4)21(28-5)12-19(16)26-3/h7-12,15H,6,13-14H2,1-5H3/t15-/m0/s1. The van der Waals surface area contributed by atoms with E-state index in [4.69, 9.17) is 18.9 Å². The molecule has 0 fully saturated rings. The van der Waals surface area contributed by atoms with Crippen molar-refractivity contribution in [3.63, 3.8) is 0 Å². The van der Waals surface area contributed by atoms with Gasteiger partial charge in [-0.1, -0.05) is 12.1 Å². The average molecular weight is 400 g/mol. The predicted molar refractivity (Wildman–Crippen MR) is 112 cm³/mol. The number of anilines is 1. The van der Waals surface area contributed by atoms with Gasteiger partial charge in [0, 0.05) is 25.7 Å². The molecule has 7 nitrogen and oxygen atoms in total. The van der Waals surface area contributed by atoms with Gasteiger partial charge in [-0.15, -0.1) is 0 Å². The third-order valence-corrected chi connectivity index (χ3v) is 5.07. The Bertz CT molecular complexity index is 870. The summed E-state index contributed by atoms with van der Waals surface area (Å²) in [7, 11) is 6.37. The Morgan fingerprint density at radius 3 is 2.41 bits per heavy atom. The summed E-state index contributed by atoms with van der Waals surface area (Å²) in [6, 6.07) is 11.3. The number of methoxy groups -OCH3 is 3. The van der Waals surface area contributed by atoms with Crippen molar-refractivity contribution in [3.8, 4) is 23.0 Å². The Labute approximate surface area is 171 Å². The van der Waals surface area contributed by atoms with Crippen LogP contribution in [0.15, 0.2) is 36.4 Å². The van der Waals surface area contributed by atoms with Crippen molar-refractivity contribution < 1.29 is 23.7 Å². The SMILES string of the molecule is CCN1C[C@H](CN(C)C(=O)c2cc(OC)c(OC)cc2OC)Oc2ccccc21. The molecule has 3 rings (SSSR count). The maximum absolute atomic E-state index is 13.1. The molecule has 0 unspecified atom stereocenters. The van der Waals surface area contributed by atoms with Crippen molar-refractivity contribution in [1.29, 1.82) is 0 Å². The zero-order valence-electron chi connectivity index (χ0n) is 17.6. The average Bonchev–Trinajstić information content (AvgIpc) is 2.76. The van der Waals surface area contributed by atoms with Crippen LogP contribution in [0.25, 0.3) is 0 Å². The van der Waals surface area contributed by atoms with Crippen LogP contribution in [-0.2, 0) is 0 Å². The van der Waals surface area contributed by atoms with E-state index < -0.39 is 0 Å². The van der Waals surface area contributed by atoms with Gasteiger partial charge in [0.1, 0.15) is 17.6 Å². The van der Waals surface area contributed by atoms with Gasteiger partial charge in [0.2, 0.25) is 0 Å². The summed E-state index contributed by atoms with van der Waals surface area (Å²) < 4.78 is 22.2. The molecule has 1 aliphatic rings. The first-order valence-corrected chi connectivity index (χ1v) is 9.58. The second-order valence-electron chi connectivity index (χ2n) is 6.84. The van der Waals surface area contributed by atoms with E-state index >= 15 is 0 Å². The number of hydrogen-bond donors (Lipinski definition) is 0. The minimum absolute atomic E-state index is 0.134. The van der Waals surface area contributed by atoms with Crippen molar-refractivity contribution in [2.45, 2.75) is 13.0 Å². The van der Waals surface area contributed by atoms with Gasteiger partial charge in [-0.25, -0.2) is 0 Å². The number of nitrogens with zero attached hydrogens (tertiary/aromatic N) is 2. The third-order valence-electron chi connectivity index (χ3n) is 5.07. The van der Waals surface area contributed by atoms with Gasteiger partial charge in [-0.05, 0) is 19.1 Å². The lowest BCUT2D eigenvalue weighted by Gasteiger charge is -2.37. The van der Waals surface area contributed by atoms with E-state index in [2.05, 4.69) is 17.9 Å². The molecule has 0 bridgehead atoms. The smallest absolute Gasteiger partial charge is 0.257 e. The summed E-state index contributed by atoms with van der Waals surface area (Å²) in [5.74, 6) is 2.09. The van der Waals surface area contributed by atoms with Gasteiger partial charge in [-0.2, -0.15) is 0 Å². The molecule has 0 spiro atoms. The largest absolute Gasteiger partial charge is 0.496 e. The number of fused-ring (bicyclic) bond motifs is 1. The number of para-hydroxylation sites is 2. The van der Waals surface area contributed by atoms with Crippen LogP contribution in [-0.4, -0.2) is 64.9 Å². The van der Waals surface area contributed by atoms with Crippen molar-refractivity contribution in [1.82, 2.24) is 4.90 Å². The van der Waals surface area contributed by atoms with Crippen LogP contribution >= 0.6 is 0 Å². The van der Waals surface area contributed by atoms with Crippen LogP contribution in [0.3, 0.4) is 0 Å². The normalized spacial score (nSPS) is 15.2. The van der Waals surface area contributed by atoms with E-state index in [0.29, 0.717) is 35.9 Å². The van der Waals surface area contributed by atoms with E-state index in [0.717, 1.165) is 18.0 Å². The van der Waals surface area contributed by atoms with Crippen LogP contribution in [0, 0.1) is 0 Å². The first-order chi connectivity index (χ1) is 14.0. The number of rotatable bonds is 7. The zero-order valence-corrected chi connectivity index (χ0v) is 17.6. The number of ether oxygens (including phenoxy) is 4. The highest BCUT2D eigenvalue weighted by Crippen LogP contribution is 2.36. The van der Waals surface area contributed by atoms with E-state index in [1.54, 1.807) is 31.2 Å². The van der Waals surface area contributed by atoms with Gasteiger partial charge in [0.15, 0.2) is 11.5 Å². The molecule has 0 aromatic heterocycles. The second-order valence-corrected chi connectivity index (χ2v) is 6.84. The molecule has 29 heavy (non-hydrogen) atoms. The van der Waals surface area contributed by atoms with Crippen molar-refractivity contribution in [2.75, 3.05) is 52.9 Å². The lowest BCUT2D eigenvalue weighted by Crippen LogP contribution is -2.46. The fraction of sp³-hybridized carbons (Fsp3) is 0.409. The molecule has 0 saturated heterocycles. The molecule has 2 aromatic carbocycles. The summed E-state index contributed by atoms with van der Waals surface area (Å²) >= 11 is 0. The van der Waals surface area contributed by atoms with Crippen LogP contribution in [0.1, 0.15) is 17.3 Å². The number of likely N-dealkylation sites (N-methyl/N-ethyl adjacent to an activating group) is 2. The van der Waals surface area contributed by atoms with E-state index in [1.807, 2.05) is 18.2 Å². The molecule has 0 aliphatic carbocycles. The summed E-state index contributed by atoms with van der Waals surface area (Å²) in [6.07, 6.45) is -0.134. The van der Waals surface area contributed by atoms with E-state index in [-0.39, 0.29) is 12.0 Å². The summed E-state index contributed by atoms with van der Waals surface area (Å²) in [6.45, 7) is 4.15. The van der Waals surface area contributed by atoms with Crippen molar-refractivity contribution >= 4 is 11.6 Å². The Morgan fingerprint density at radius 2 is 1.76 bits per heavy atom. The van der Waals surface area contributed by atoms with Crippen molar-refractivity contribution in [2.24, 2.45) is 0 Å². The summed E-state index contributed by atoms with van der Waals surface area (Å²) in [5, 5.41) is 0. The molecule has 7 heteroatoms. The Hall–Kier alpha value is -3.09. The van der Waals surface area contributed by atoms with E-state index in [9.17, 15) is 4.79 Å². The lowest BCUT2D eigenvalue weighted by atomic mass is 10.1. The predicted octanol–water partition coefficient (Wildman–Crippen LogP) is 3.07. The van der Waals surface area contributed by atoms with Crippen LogP contribution in [0.5, 0.6) is 23.0 Å². The minimum atomic E-state index is -0.173. The van der Waals surface area contributed by atoms with Gasteiger partial charge < -0.3 is 28.7 Å². The quantitative estimate of drug-likeness (QED) is 0.712. The Kier molecular flexibility index (Phi) is 6.36. The molecule has 1 aliphatic heterocycles. The topological polar surface area (TPSA) is 60.5 Å². The fourth-order valence-corrected chi connectivity index (χ4v) is 3.56. The van der Waals surface area contributed by atoms with Gasteiger partial charge in [-0.3, -0.25) is 4.79 Å². The molecule has 0 radical (unpaired) electrons. The van der Waals surface area contributed by atoms with Gasteiger partial charge in [0.05, 0.1) is 45.7 Å². The number of carbonyl (C=O) groups excluding carboxylic acids is 1. The molecule has 2 aromatic rings. The maximum Gasteiger partial charge on any atom is 0.257 e. The Morgan fingerprint density at radius 1 is 1.10 bits per heavy atom. The molecule has 0 saturated carbocycles. The summed E-state index contributed by atoms with van der Waals surface area (Å²) in [5.41, 5.74) is 1.50. The fourth-order valence-electron chi connectivity index (χ4n) is 3.56. The number of hydrogen-bond acceptors (Lipinski definition) is 6. The van der Waals surface area contributed by atoms with Gasteiger partial charge >= 0.3 is 0 Å². The highest BCUT2D eigenvalue weighted by molar-refractivity contribution is 5.97. The van der Waals surface area contributed by atoms with Crippen LogP contribution in [0.2, 0.25) is 0 Å². The lowest BCUT2D eigenvalue weighted by molar-refractivity contribution is 0.0706. The molecular formula is C22H28N2O5. The maximum atomic E-state index is 13.1. The zero-order chi connectivity index (χ0) is 21.0. The molecule has 156 valence electrons. The Balaban J connectivity index is 1.79. The minimum Gasteiger partial charge on any atom is -0.496 e. The number of carbonyl (C=O) groups is 1. The molecule has 1 heterocycles. The highest BCUT2D eigenvalue weighted by atomic mass is 16.5. The molecular weight excluding hydrogens is 372 g/mol. The van der Waals surface area contributed by atoms with Crippen molar-refractivity contribution in [3.05, 3.63) is 42.0 Å². The van der Waals surface area contributed by atoms with Crippen LogP contribution < -0.4 is 23.8 Å². The molecule has 0 N–H and O–H groups in total. The number of amides is 1. The first kappa shape index (κ1) is 20.6. The van der Waals surface area contributed by atoms with Gasteiger partial charge in [0.25, 0.3) is 5.91 Å². The molecule has 1 amide bonds. The first-order valence-electron chi connectivity index (χ1n) is 9.58. The van der Waals surface area contributed by atoms with E-state index in [1.165, 1.54) is 14.2 Å². The number of benzene rings is 2. The third kappa shape index (κ3) is 4.18. The molecule has 1 atom stereocenters. The highest BCUT2D eigenvalue weighted by Gasteiger charge is 2.28.